The van der Waals surface area contributed by atoms with Crippen LogP contribution in [0.1, 0.15) is 38.5 Å². The first-order valence-electron chi connectivity index (χ1n) is 9.38. The summed E-state index contributed by atoms with van der Waals surface area (Å²) in [6, 6.07) is 0. The summed E-state index contributed by atoms with van der Waals surface area (Å²) in [5.74, 6) is 0.533. The van der Waals surface area contributed by atoms with E-state index in [4.69, 9.17) is 9.47 Å². The Hall–Kier alpha value is -2.22. The van der Waals surface area contributed by atoms with Crippen LogP contribution in [0.5, 0.6) is 0 Å². The van der Waals surface area contributed by atoms with Gasteiger partial charge in [0, 0.05) is 13.1 Å². The van der Waals surface area contributed by atoms with Gasteiger partial charge in [0.15, 0.2) is 5.65 Å². The zero-order valence-corrected chi connectivity index (χ0v) is 15.1. The number of piperidine rings is 1. The van der Waals surface area contributed by atoms with E-state index in [1.807, 2.05) is 0 Å². The molecular formula is C18H25N5O3. The Morgan fingerprint density at radius 3 is 2.62 bits per heavy atom. The smallest absolute Gasteiger partial charge is 0.327 e. The maximum Gasteiger partial charge on any atom is 0.327 e. The van der Waals surface area contributed by atoms with Crippen molar-refractivity contribution in [2.24, 2.45) is 0 Å². The van der Waals surface area contributed by atoms with E-state index < -0.39 is 0 Å². The molecule has 0 N–H and O–H groups in total. The Balaban J connectivity index is 1.45. The van der Waals surface area contributed by atoms with E-state index in [-0.39, 0.29) is 12.5 Å². The Labute approximate surface area is 152 Å². The number of fused-ring (bicyclic) bond motifs is 1. The number of hydrogen-bond donors (Lipinski definition) is 0. The monoisotopic (exact) mass is 359 g/mol. The number of carbonyl (C=O) groups excluding carboxylic acids is 1. The summed E-state index contributed by atoms with van der Waals surface area (Å²) in [5.41, 5.74) is 0.657. The molecule has 2 fully saturated rings. The number of anilines is 1. The van der Waals surface area contributed by atoms with Crippen molar-refractivity contribution < 1.29 is 14.3 Å². The number of rotatable bonds is 5. The van der Waals surface area contributed by atoms with Crippen molar-refractivity contribution >= 4 is 22.8 Å². The molecule has 0 spiro atoms. The first-order valence-corrected chi connectivity index (χ1v) is 9.38. The van der Waals surface area contributed by atoms with E-state index in [0.717, 1.165) is 37.1 Å². The molecule has 1 aliphatic carbocycles. The molecule has 3 heterocycles. The molecule has 0 radical (unpaired) electrons. The van der Waals surface area contributed by atoms with Gasteiger partial charge in [-0.05, 0) is 25.7 Å². The maximum absolute atomic E-state index is 11.5. The Bertz CT molecular complexity index is 763. The average Bonchev–Trinajstić information content (AvgIpc) is 3.32. The fraction of sp³-hybridized carbons (Fsp3) is 0.667. The second kappa shape index (κ2) is 7.57. The molecule has 0 unspecified atom stereocenters. The summed E-state index contributed by atoms with van der Waals surface area (Å²) in [7, 11) is 1.37. The number of aromatic nitrogens is 4. The lowest BCUT2D eigenvalue weighted by Crippen LogP contribution is -2.38. The van der Waals surface area contributed by atoms with Crippen molar-refractivity contribution in [2.45, 2.75) is 57.3 Å². The first-order chi connectivity index (χ1) is 12.7. The molecule has 26 heavy (non-hydrogen) atoms. The number of methoxy groups -OCH3 is 1. The van der Waals surface area contributed by atoms with Crippen molar-refractivity contribution in [3.05, 3.63) is 12.5 Å². The van der Waals surface area contributed by atoms with Crippen molar-refractivity contribution in [3.63, 3.8) is 0 Å². The SMILES string of the molecule is COC(=O)Cn1ncc2c(N3CCC(OC4CCCC4)CC3)ncnc21. The van der Waals surface area contributed by atoms with Crippen LogP contribution in [0, 0.1) is 0 Å². The fourth-order valence-electron chi connectivity index (χ4n) is 3.94. The highest BCUT2D eigenvalue weighted by atomic mass is 16.5. The first kappa shape index (κ1) is 17.2. The number of hydrogen-bond acceptors (Lipinski definition) is 7. The third kappa shape index (κ3) is 3.51. The summed E-state index contributed by atoms with van der Waals surface area (Å²) in [6.07, 6.45) is 11.1. The summed E-state index contributed by atoms with van der Waals surface area (Å²) < 4.78 is 12.5. The van der Waals surface area contributed by atoms with Gasteiger partial charge in [-0.3, -0.25) is 4.79 Å². The molecule has 0 bridgehead atoms. The van der Waals surface area contributed by atoms with Gasteiger partial charge >= 0.3 is 5.97 Å². The van der Waals surface area contributed by atoms with Gasteiger partial charge in [0.25, 0.3) is 0 Å². The topological polar surface area (TPSA) is 82.4 Å². The molecule has 0 atom stereocenters. The average molecular weight is 359 g/mol. The molecule has 0 amide bonds. The molecule has 2 aromatic rings. The highest BCUT2D eigenvalue weighted by molar-refractivity contribution is 5.87. The van der Waals surface area contributed by atoms with Crippen LogP contribution in [-0.4, -0.2) is 58.1 Å². The molecule has 2 aliphatic rings. The highest BCUT2D eigenvalue weighted by Crippen LogP contribution is 2.29. The zero-order chi connectivity index (χ0) is 17.9. The Kier molecular flexibility index (Phi) is 5.01. The zero-order valence-electron chi connectivity index (χ0n) is 15.1. The van der Waals surface area contributed by atoms with E-state index >= 15 is 0 Å². The lowest BCUT2D eigenvalue weighted by Gasteiger charge is -2.34. The molecule has 8 nitrogen and oxygen atoms in total. The van der Waals surface area contributed by atoms with Crippen LogP contribution in [0.3, 0.4) is 0 Å². The largest absolute Gasteiger partial charge is 0.468 e. The minimum absolute atomic E-state index is 0.0494. The Morgan fingerprint density at radius 1 is 1.15 bits per heavy atom. The number of esters is 1. The number of nitrogens with zero attached hydrogens (tertiary/aromatic N) is 5. The lowest BCUT2D eigenvalue weighted by molar-refractivity contribution is -0.141. The van der Waals surface area contributed by atoms with Gasteiger partial charge in [0.1, 0.15) is 18.7 Å². The van der Waals surface area contributed by atoms with Crippen LogP contribution < -0.4 is 4.90 Å². The summed E-state index contributed by atoms with van der Waals surface area (Å²) in [6.45, 7) is 1.87. The third-order valence-electron chi connectivity index (χ3n) is 5.35. The van der Waals surface area contributed by atoms with Crippen LogP contribution in [0.25, 0.3) is 11.0 Å². The van der Waals surface area contributed by atoms with Gasteiger partial charge in [-0.2, -0.15) is 5.10 Å². The van der Waals surface area contributed by atoms with Gasteiger partial charge in [-0.15, -0.1) is 0 Å². The van der Waals surface area contributed by atoms with E-state index in [9.17, 15) is 4.79 Å². The van der Waals surface area contributed by atoms with Gasteiger partial charge in [0.05, 0.1) is 30.9 Å². The second-order valence-corrected chi connectivity index (χ2v) is 7.04. The standard InChI is InChI=1S/C18H25N5O3/c1-25-16(24)11-23-18-15(10-21-23)17(19-12-20-18)22-8-6-14(7-9-22)26-13-4-2-3-5-13/h10,12-14H,2-9,11H2,1H3. The second-order valence-electron chi connectivity index (χ2n) is 7.04. The molecule has 4 rings (SSSR count). The van der Waals surface area contributed by atoms with Crippen LogP contribution in [0.15, 0.2) is 12.5 Å². The summed E-state index contributed by atoms with van der Waals surface area (Å²) >= 11 is 0. The summed E-state index contributed by atoms with van der Waals surface area (Å²) in [4.78, 5) is 22.6. The van der Waals surface area contributed by atoms with Crippen LogP contribution in [-0.2, 0) is 20.8 Å². The van der Waals surface area contributed by atoms with Crippen molar-refractivity contribution in [3.8, 4) is 0 Å². The van der Waals surface area contributed by atoms with Crippen LogP contribution in [0.4, 0.5) is 5.82 Å². The predicted octanol–water partition coefficient (Wildman–Crippen LogP) is 1.93. The lowest BCUT2D eigenvalue weighted by atomic mass is 10.1. The van der Waals surface area contributed by atoms with E-state index in [2.05, 4.69) is 20.0 Å². The van der Waals surface area contributed by atoms with E-state index in [1.165, 1.54) is 39.1 Å². The number of ether oxygens (including phenoxy) is 2. The van der Waals surface area contributed by atoms with E-state index in [1.54, 1.807) is 10.9 Å². The fourth-order valence-corrected chi connectivity index (χ4v) is 3.94. The minimum Gasteiger partial charge on any atom is -0.468 e. The number of carbonyl (C=O) groups is 1. The molecule has 2 aromatic heterocycles. The Morgan fingerprint density at radius 2 is 1.88 bits per heavy atom. The minimum atomic E-state index is -0.347. The quantitative estimate of drug-likeness (QED) is 0.754. The predicted molar refractivity (Wildman–Crippen MR) is 95.9 cm³/mol. The van der Waals surface area contributed by atoms with Crippen LogP contribution in [0.2, 0.25) is 0 Å². The molecule has 1 saturated heterocycles. The molecule has 0 aromatic carbocycles. The van der Waals surface area contributed by atoms with Crippen LogP contribution >= 0.6 is 0 Å². The van der Waals surface area contributed by atoms with Gasteiger partial charge in [-0.25, -0.2) is 14.6 Å². The normalized spacial score (nSPS) is 19.3. The molecule has 1 aliphatic heterocycles. The molecule has 140 valence electrons. The molecular weight excluding hydrogens is 334 g/mol. The van der Waals surface area contributed by atoms with Gasteiger partial charge < -0.3 is 14.4 Å². The molecule has 8 heteroatoms. The summed E-state index contributed by atoms with van der Waals surface area (Å²) in [5, 5.41) is 5.15. The third-order valence-corrected chi connectivity index (χ3v) is 5.35. The van der Waals surface area contributed by atoms with Crippen molar-refractivity contribution in [1.82, 2.24) is 19.7 Å². The van der Waals surface area contributed by atoms with Crippen molar-refractivity contribution in [1.29, 1.82) is 0 Å². The highest BCUT2D eigenvalue weighted by Gasteiger charge is 2.26. The molecule has 1 saturated carbocycles. The van der Waals surface area contributed by atoms with E-state index in [0.29, 0.717) is 17.9 Å². The maximum atomic E-state index is 11.5. The van der Waals surface area contributed by atoms with Gasteiger partial charge in [-0.1, -0.05) is 12.8 Å². The van der Waals surface area contributed by atoms with Crippen molar-refractivity contribution in [2.75, 3.05) is 25.1 Å². The van der Waals surface area contributed by atoms with Gasteiger partial charge in [0.2, 0.25) is 0 Å².